The van der Waals surface area contributed by atoms with Crippen molar-refractivity contribution in [1.82, 2.24) is 15.1 Å². The van der Waals surface area contributed by atoms with Gasteiger partial charge in [0, 0.05) is 30.5 Å². The summed E-state index contributed by atoms with van der Waals surface area (Å²) in [7, 11) is 0. The molecule has 3 rings (SSSR count). The van der Waals surface area contributed by atoms with Crippen LogP contribution in [0.3, 0.4) is 0 Å². The number of carbonyl (C=O) groups is 4. The summed E-state index contributed by atoms with van der Waals surface area (Å²) in [6.07, 6.45) is 0.438. The summed E-state index contributed by atoms with van der Waals surface area (Å²) in [6.45, 7) is 6.71. The van der Waals surface area contributed by atoms with Crippen LogP contribution in [0.2, 0.25) is 0 Å². The number of benzene rings is 2. The number of halogens is 1. The lowest BCUT2D eigenvalue weighted by Crippen LogP contribution is -2.48. The highest BCUT2D eigenvalue weighted by Gasteiger charge is 2.35. The molecule has 0 saturated carbocycles. The lowest BCUT2D eigenvalue weighted by atomic mass is 10.1. The first-order valence-corrected chi connectivity index (χ1v) is 12.2. The standard InChI is InChI=1S/C26H30BrN3O4/c1-17(2)15-28-24(32)18(3)30(16-19-10-12-20(27)13-11-19)23(31)9-6-14-29-25(33)21-7-4-5-8-22(21)26(29)34/h4-5,7-8,10-13,17-18H,6,9,14-16H2,1-3H3,(H,28,32)/t18-/m1/s1. The Morgan fingerprint density at radius 1 is 0.971 bits per heavy atom. The van der Waals surface area contributed by atoms with Gasteiger partial charge in [0.1, 0.15) is 6.04 Å². The number of nitrogens with one attached hydrogen (secondary N) is 1. The van der Waals surface area contributed by atoms with E-state index < -0.39 is 6.04 Å². The molecule has 0 radical (unpaired) electrons. The summed E-state index contributed by atoms with van der Waals surface area (Å²) >= 11 is 3.41. The Labute approximate surface area is 208 Å². The van der Waals surface area contributed by atoms with E-state index in [0.29, 0.717) is 30.0 Å². The molecule has 7 nitrogen and oxygen atoms in total. The van der Waals surface area contributed by atoms with Crippen LogP contribution < -0.4 is 5.32 Å². The van der Waals surface area contributed by atoms with E-state index >= 15 is 0 Å². The van der Waals surface area contributed by atoms with Crippen LogP contribution in [0, 0.1) is 5.92 Å². The Bertz CT molecular complexity index is 1030. The van der Waals surface area contributed by atoms with E-state index in [2.05, 4.69) is 21.2 Å². The van der Waals surface area contributed by atoms with Gasteiger partial charge in [-0.05, 0) is 49.1 Å². The van der Waals surface area contributed by atoms with Gasteiger partial charge in [-0.15, -0.1) is 0 Å². The van der Waals surface area contributed by atoms with Crippen molar-refractivity contribution in [3.05, 3.63) is 69.7 Å². The first kappa shape index (κ1) is 25.6. The van der Waals surface area contributed by atoms with Gasteiger partial charge in [-0.3, -0.25) is 24.1 Å². The number of nitrogens with zero attached hydrogens (tertiary/aromatic N) is 2. The van der Waals surface area contributed by atoms with Gasteiger partial charge >= 0.3 is 0 Å². The van der Waals surface area contributed by atoms with Gasteiger partial charge in [-0.2, -0.15) is 0 Å². The molecule has 0 saturated heterocycles. The number of amides is 4. The average molecular weight is 528 g/mol. The van der Waals surface area contributed by atoms with Gasteiger partial charge in [-0.1, -0.05) is 54.0 Å². The Kier molecular flexibility index (Phi) is 8.61. The average Bonchev–Trinajstić information content (AvgIpc) is 3.06. The van der Waals surface area contributed by atoms with Gasteiger partial charge in [0.05, 0.1) is 11.1 Å². The molecule has 2 aromatic carbocycles. The van der Waals surface area contributed by atoms with Crippen LogP contribution >= 0.6 is 15.9 Å². The Balaban J connectivity index is 1.66. The molecule has 2 aromatic rings. The van der Waals surface area contributed by atoms with E-state index in [1.54, 1.807) is 36.1 Å². The molecule has 8 heteroatoms. The Hall–Kier alpha value is -3.00. The third kappa shape index (κ3) is 6.11. The van der Waals surface area contributed by atoms with Crippen molar-refractivity contribution >= 4 is 39.6 Å². The second-order valence-electron chi connectivity index (χ2n) is 8.87. The lowest BCUT2D eigenvalue weighted by Gasteiger charge is -2.29. The summed E-state index contributed by atoms with van der Waals surface area (Å²) in [5.74, 6) is -0.778. The fraction of sp³-hybridized carbons (Fsp3) is 0.385. The van der Waals surface area contributed by atoms with E-state index in [4.69, 9.17) is 0 Å². The van der Waals surface area contributed by atoms with Crippen LogP contribution in [0.15, 0.2) is 53.0 Å². The molecule has 1 atom stereocenters. The number of carbonyl (C=O) groups excluding carboxylic acids is 4. The predicted molar refractivity (Wildman–Crippen MR) is 133 cm³/mol. The minimum Gasteiger partial charge on any atom is -0.354 e. The zero-order valence-electron chi connectivity index (χ0n) is 19.7. The number of imide groups is 1. The van der Waals surface area contributed by atoms with Gasteiger partial charge in [0.25, 0.3) is 11.8 Å². The molecule has 0 unspecified atom stereocenters. The molecule has 0 bridgehead atoms. The summed E-state index contributed by atoms with van der Waals surface area (Å²) < 4.78 is 0.929. The Morgan fingerprint density at radius 2 is 1.56 bits per heavy atom. The van der Waals surface area contributed by atoms with Crippen molar-refractivity contribution in [2.75, 3.05) is 13.1 Å². The second-order valence-corrected chi connectivity index (χ2v) is 9.79. The number of rotatable bonds is 10. The monoisotopic (exact) mass is 527 g/mol. The van der Waals surface area contributed by atoms with E-state index in [0.717, 1.165) is 10.0 Å². The van der Waals surface area contributed by atoms with E-state index in [-0.39, 0.29) is 43.1 Å². The van der Waals surface area contributed by atoms with E-state index in [1.807, 2.05) is 38.1 Å². The minimum absolute atomic E-state index is 0.117. The van der Waals surface area contributed by atoms with Crippen LogP contribution in [0.5, 0.6) is 0 Å². The highest BCUT2D eigenvalue weighted by Crippen LogP contribution is 2.23. The quantitative estimate of drug-likeness (QED) is 0.472. The van der Waals surface area contributed by atoms with Crippen molar-refractivity contribution in [2.45, 2.75) is 46.2 Å². The number of hydrogen-bond acceptors (Lipinski definition) is 4. The molecule has 180 valence electrons. The molecule has 1 aliphatic rings. The zero-order valence-corrected chi connectivity index (χ0v) is 21.3. The van der Waals surface area contributed by atoms with E-state index in [1.165, 1.54) is 4.90 Å². The molecule has 1 N–H and O–H groups in total. The molecule has 1 heterocycles. The summed E-state index contributed by atoms with van der Waals surface area (Å²) in [4.78, 5) is 53.8. The zero-order chi connectivity index (χ0) is 24.8. The fourth-order valence-corrected chi connectivity index (χ4v) is 4.06. The van der Waals surface area contributed by atoms with Crippen LogP contribution in [0.25, 0.3) is 0 Å². The smallest absolute Gasteiger partial charge is 0.261 e. The highest BCUT2D eigenvalue weighted by molar-refractivity contribution is 9.10. The number of hydrogen-bond donors (Lipinski definition) is 1. The molecule has 0 aromatic heterocycles. The van der Waals surface area contributed by atoms with E-state index in [9.17, 15) is 19.2 Å². The van der Waals surface area contributed by atoms with Crippen LogP contribution in [0.1, 0.15) is 59.9 Å². The van der Waals surface area contributed by atoms with Gasteiger partial charge < -0.3 is 10.2 Å². The van der Waals surface area contributed by atoms with Crippen molar-refractivity contribution < 1.29 is 19.2 Å². The van der Waals surface area contributed by atoms with Crippen molar-refractivity contribution in [3.8, 4) is 0 Å². The van der Waals surface area contributed by atoms with Gasteiger partial charge in [0.2, 0.25) is 11.8 Å². The van der Waals surface area contributed by atoms with Gasteiger partial charge in [0.15, 0.2) is 0 Å². The predicted octanol–water partition coefficient (Wildman–Crippen LogP) is 4.01. The summed E-state index contributed by atoms with van der Waals surface area (Å²) in [5.41, 5.74) is 1.69. The topological polar surface area (TPSA) is 86.8 Å². The highest BCUT2D eigenvalue weighted by atomic mass is 79.9. The van der Waals surface area contributed by atoms with Gasteiger partial charge in [-0.25, -0.2) is 0 Å². The molecular weight excluding hydrogens is 498 g/mol. The molecule has 34 heavy (non-hydrogen) atoms. The van der Waals surface area contributed by atoms with Crippen LogP contribution in [-0.2, 0) is 16.1 Å². The molecule has 0 spiro atoms. The molecule has 1 aliphatic heterocycles. The molecule has 0 fully saturated rings. The number of fused-ring (bicyclic) bond motifs is 1. The molecule has 0 aliphatic carbocycles. The van der Waals surface area contributed by atoms with Crippen LogP contribution in [-0.4, -0.2) is 52.6 Å². The maximum absolute atomic E-state index is 13.2. The molecular formula is C26H30BrN3O4. The largest absolute Gasteiger partial charge is 0.354 e. The molecule has 4 amide bonds. The first-order valence-electron chi connectivity index (χ1n) is 11.5. The normalized spacial score (nSPS) is 13.7. The second kappa shape index (κ2) is 11.4. The maximum atomic E-state index is 13.2. The minimum atomic E-state index is -0.658. The maximum Gasteiger partial charge on any atom is 0.261 e. The fourth-order valence-electron chi connectivity index (χ4n) is 3.80. The van der Waals surface area contributed by atoms with Crippen molar-refractivity contribution in [1.29, 1.82) is 0 Å². The Morgan fingerprint density at radius 3 is 2.12 bits per heavy atom. The SMILES string of the molecule is CC(C)CNC(=O)[C@@H](C)N(Cc1ccc(Br)cc1)C(=O)CCCN1C(=O)c2ccccc2C1=O. The first-order chi connectivity index (χ1) is 16.2. The van der Waals surface area contributed by atoms with Crippen molar-refractivity contribution in [2.24, 2.45) is 5.92 Å². The van der Waals surface area contributed by atoms with Crippen LogP contribution in [0.4, 0.5) is 0 Å². The summed E-state index contributed by atoms with van der Waals surface area (Å²) in [6, 6.07) is 13.7. The van der Waals surface area contributed by atoms with Crippen molar-refractivity contribution in [3.63, 3.8) is 0 Å². The summed E-state index contributed by atoms with van der Waals surface area (Å²) in [5, 5.41) is 2.90. The third-order valence-corrected chi connectivity index (χ3v) is 6.30. The third-order valence-electron chi connectivity index (χ3n) is 5.77. The lowest BCUT2D eigenvalue weighted by molar-refractivity contribution is -0.140.